The van der Waals surface area contributed by atoms with Gasteiger partial charge in [-0.15, -0.1) is 6.42 Å². The molecule has 0 aliphatic rings. The van der Waals surface area contributed by atoms with Gasteiger partial charge in [-0.25, -0.2) is 0 Å². The van der Waals surface area contributed by atoms with Crippen LogP contribution in [0.3, 0.4) is 0 Å². The number of terminal acetylenes is 1. The van der Waals surface area contributed by atoms with Gasteiger partial charge in [0.1, 0.15) is 5.75 Å². The van der Waals surface area contributed by atoms with Crippen LogP contribution >= 0.6 is 0 Å². The molecule has 0 amide bonds. The molecule has 66 valence electrons. The number of carbonyl (C=O) groups is 1. The Labute approximate surface area is 77.5 Å². The predicted octanol–water partition coefficient (Wildman–Crippen LogP) is 1.82. The number of carbonyl (C=O) groups excluding carboxylic acids is 1. The van der Waals surface area contributed by atoms with Crippen molar-refractivity contribution in [1.82, 2.24) is 0 Å². The molecule has 1 rings (SSSR count). The molecule has 0 aromatic heterocycles. The van der Waals surface area contributed by atoms with E-state index >= 15 is 0 Å². The molecule has 0 spiro atoms. The Morgan fingerprint density at radius 2 is 2.23 bits per heavy atom. The van der Waals surface area contributed by atoms with Crippen molar-refractivity contribution in [2.24, 2.45) is 0 Å². The lowest BCUT2D eigenvalue weighted by Crippen LogP contribution is -1.99. The van der Waals surface area contributed by atoms with E-state index in [2.05, 4.69) is 5.92 Å². The molecule has 0 saturated heterocycles. The Kier molecular flexibility index (Phi) is 2.71. The van der Waals surface area contributed by atoms with Crippen LogP contribution in [0.1, 0.15) is 15.9 Å². The topological polar surface area (TPSA) is 26.3 Å². The Hall–Kier alpha value is -1.75. The first-order valence-corrected chi connectivity index (χ1v) is 3.84. The van der Waals surface area contributed by atoms with Crippen LogP contribution in [-0.4, -0.2) is 12.9 Å². The molecule has 0 saturated carbocycles. The van der Waals surface area contributed by atoms with E-state index in [0.717, 1.165) is 5.56 Å². The molecule has 0 aliphatic heterocycles. The van der Waals surface area contributed by atoms with Gasteiger partial charge in [-0.05, 0) is 25.0 Å². The summed E-state index contributed by atoms with van der Waals surface area (Å²) in [6, 6.07) is 5.33. The van der Waals surface area contributed by atoms with E-state index in [1.54, 1.807) is 12.1 Å². The van der Waals surface area contributed by atoms with Gasteiger partial charge >= 0.3 is 0 Å². The summed E-state index contributed by atoms with van der Waals surface area (Å²) in [6.45, 7) is 1.90. The van der Waals surface area contributed by atoms with E-state index < -0.39 is 0 Å². The van der Waals surface area contributed by atoms with Crippen LogP contribution < -0.4 is 4.74 Å². The molecule has 0 N–H and O–H groups in total. The third-order valence-electron chi connectivity index (χ3n) is 1.73. The Morgan fingerprint density at radius 1 is 1.54 bits per heavy atom. The minimum atomic E-state index is -0.347. The summed E-state index contributed by atoms with van der Waals surface area (Å²) in [6.07, 6.45) is 5.02. The molecule has 0 atom stereocenters. The van der Waals surface area contributed by atoms with Gasteiger partial charge in [-0.1, -0.05) is 11.6 Å². The highest BCUT2D eigenvalue weighted by atomic mass is 16.5. The average molecular weight is 174 g/mol. The van der Waals surface area contributed by atoms with Crippen LogP contribution in [0.25, 0.3) is 0 Å². The molecule has 13 heavy (non-hydrogen) atoms. The van der Waals surface area contributed by atoms with E-state index in [-0.39, 0.29) is 5.78 Å². The van der Waals surface area contributed by atoms with Crippen molar-refractivity contribution in [2.45, 2.75) is 6.92 Å². The second-order valence-corrected chi connectivity index (χ2v) is 2.68. The maximum absolute atomic E-state index is 11.2. The molecule has 1 aromatic carbocycles. The Bertz CT molecular complexity index is 372. The maximum Gasteiger partial charge on any atom is 0.239 e. The van der Waals surface area contributed by atoms with Crippen molar-refractivity contribution >= 4 is 5.78 Å². The number of Topliss-reactive ketones (excluding diaryl/α,β-unsaturated/α-hetero) is 1. The first-order valence-electron chi connectivity index (χ1n) is 3.84. The molecular formula is C11H10O2. The van der Waals surface area contributed by atoms with Gasteiger partial charge in [-0.3, -0.25) is 4.79 Å². The third-order valence-corrected chi connectivity index (χ3v) is 1.73. The predicted molar refractivity (Wildman–Crippen MR) is 50.9 cm³/mol. The Morgan fingerprint density at radius 3 is 2.77 bits per heavy atom. The lowest BCUT2D eigenvalue weighted by atomic mass is 10.1. The number of hydrogen-bond donors (Lipinski definition) is 0. The molecule has 2 heteroatoms. The lowest BCUT2D eigenvalue weighted by molar-refractivity contribution is 0.105. The summed E-state index contributed by atoms with van der Waals surface area (Å²) in [5.74, 6) is 2.24. The van der Waals surface area contributed by atoms with Crippen molar-refractivity contribution in [3.63, 3.8) is 0 Å². The first kappa shape index (κ1) is 9.34. The normalized spacial score (nSPS) is 9.00. The van der Waals surface area contributed by atoms with E-state index in [4.69, 9.17) is 11.2 Å². The fourth-order valence-corrected chi connectivity index (χ4v) is 1.08. The van der Waals surface area contributed by atoms with Crippen LogP contribution in [0.2, 0.25) is 0 Å². The van der Waals surface area contributed by atoms with E-state index in [9.17, 15) is 4.79 Å². The minimum Gasteiger partial charge on any atom is -0.496 e. The smallest absolute Gasteiger partial charge is 0.239 e. The highest BCUT2D eigenvalue weighted by Crippen LogP contribution is 2.19. The summed E-state index contributed by atoms with van der Waals surface area (Å²) in [4.78, 5) is 11.2. The fourth-order valence-electron chi connectivity index (χ4n) is 1.08. The highest BCUT2D eigenvalue weighted by Gasteiger charge is 2.09. The van der Waals surface area contributed by atoms with Gasteiger partial charge in [0.15, 0.2) is 0 Å². The van der Waals surface area contributed by atoms with Gasteiger partial charge in [0, 0.05) is 0 Å². The van der Waals surface area contributed by atoms with Gasteiger partial charge in [0.05, 0.1) is 12.7 Å². The number of methoxy groups -OCH3 is 1. The van der Waals surface area contributed by atoms with Crippen LogP contribution in [0.15, 0.2) is 18.2 Å². The summed E-state index contributed by atoms with van der Waals surface area (Å²) in [5, 5.41) is 0. The second kappa shape index (κ2) is 3.77. The lowest BCUT2D eigenvalue weighted by Gasteiger charge is -2.05. The average Bonchev–Trinajstić information content (AvgIpc) is 2.16. The zero-order valence-electron chi connectivity index (χ0n) is 7.63. The minimum absolute atomic E-state index is 0.347. The maximum atomic E-state index is 11.2. The summed E-state index contributed by atoms with van der Waals surface area (Å²) >= 11 is 0. The molecule has 0 aliphatic carbocycles. The van der Waals surface area contributed by atoms with Crippen molar-refractivity contribution in [1.29, 1.82) is 0 Å². The molecule has 2 nitrogen and oxygen atoms in total. The monoisotopic (exact) mass is 174 g/mol. The summed E-state index contributed by atoms with van der Waals surface area (Å²) in [5.41, 5.74) is 1.43. The van der Waals surface area contributed by atoms with Gasteiger partial charge in [-0.2, -0.15) is 0 Å². The molecular weight excluding hydrogens is 164 g/mol. The van der Waals surface area contributed by atoms with Crippen LogP contribution in [-0.2, 0) is 0 Å². The zero-order chi connectivity index (χ0) is 9.84. The first-order chi connectivity index (χ1) is 6.19. The van der Waals surface area contributed by atoms with Crippen molar-refractivity contribution in [3.05, 3.63) is 29.3 Å². The van der Waals surface area contributed by atoms with Crippen LogP contribution in [0, 0.1) is 19.3 Å². The van der Waals surface area contributed by atoms with E-state index in [1.165, 1.54) is 7.11 Å². The molecule has 0 unspecified atom stereocenters. The van der Waals surface area contributed by atoms with E-state index in [1.807, 2.05) is 13.0 Å². The summed E-state index contributed by atoms with van der Waals surface area (Å²) < 4.78 is 5.01. The molecule has 0 radical (unpaired) electrons. The number of aryl methyl sites for hydroxylation is 1. The largest absolute Gasteiger partial charge is 0.496 e. The van der Waals surface area contributed by atoms with Gasteiger partial charge < -0.3 is 4.74 Å². The van der Waals surface area contributed by atoms with E-state index in [0.29, 0.717) is 11.3 Å². The van der Waals surface area contributed by atoms with Crippen molar-refractivity contribution in [2.75, 3.05) is 7.11 Å². The number of rotatable bonds is 2. The van der Waals surface area contributed by atoms with Gasteiger partial charge in [0.2, 0.25) is 5.78 Å². The molecule has 1 aromatic rings. The molecule has 0 fully saturated rings. The number of hydrogen-bond acceptors (Lipinski definition) is 2. The molecule has 0 bridgehead atoms. The second-order valence-electron chi connectivity index (χ2n) is 2.68. The number of benzene rings is 1. The number of ether oxygens (including phenoxy) is 1. The Balaban J connectivity index is 3.25. The third kappa shape index (κ3) is 1.88. The number of ketones is 1. The van der Waals surface area contributed by atoms with Crippen LogP contribution in [0.5, 0.6) is 5.75 Å². The standard InChI is InChI=1S/C11H10O2/c1-4-10(12)9-7-8(2)5-6-11(9)13-3/h1,5-7H,2-3H3. The van der Waals surface area contributed by atoms with Crippen LogP contribution in [0.4, 0.5) is 0 Å². The zero-order valence-corrected chi connectivity index (χ0v) is 7.63. The van der Waals surface area contributed by atoms with Crippen molar-refractivity contribution < 1.29 is 9.53 Å². The van der Waals surface area contributed by atoms with Crippen molar-refractivity contribution in [3.8, 4) is 18.1 Å². The van der Waals surface area contributed by atoms with Gasteiger partial charge in [0.25, 0.3) is 0 Å². The SMILES string of the molecule is C#CC(=O)c1cc(C)ccc1OC. The highest BCUT2D eigenvalue weighted by molar-refractivity contribution is 6.10. The fraction of sp³-hybridized carbons (Fsp3) is 0.182. The summed E-state index contributed by atoms with van der Waals surface area (Å²) in [7, 11) is 1.51. The quantitative estimate of drug-likeness (QED) is 0.388. The molecule has 0 heterocycles.